The van der Waals surface area contributed by atoms with E-state index >= 15 is 0 Å². The molecular formula is C13H15Cl2N3O2. The van der Waals surface area contributed by atoms with Crippen LogP contribution in [0.4, 0.5) is 5.69 Å². The predicted octanol–water partition coefficient (Wildman–Crippen LogP) is 1.71. The molecule has 0 aliphatic carbocycles. The molecule has 108 valence electrons. The van der Waals surface area contributed by atoms with E-state index in [-0.39, 0.29) is 5.02 Å². The zero-order chi connectivity index (χ0) is 14.7. The number of hydrogen-bond donors (Lipinski definition) is 1. The highest BCUT2D eigenvalue weighted by Crippen LogP contribution is 2.29. The maximum atomic E-state index is 12.0. The topological polar surface area (TPSA) is 52.7 Å². The number of piperazine rings is 1. The predicted molar refractivity (Wildman–Crippen MR) is 79.2 cm³/mol. The zero-order valence-electron chi connectivity index (χ0n) is 11.0. The van der Waals surface area contributed by atoms with Crippen LogP contribution in [-0.2, 0) is 9.59 Å². The number of carbonyl (C=O) groups excluding carboxylic acids is 2. The van der Waals surface area contributed by atoms with E-state index in [1.54, 1.807) is 18.2 Å². The second kappa shape index (κ2) is 6.43. The summed E-state index contributed by atoms with van der Waals surface area (Å²) in [6.45, 7) is 2.62. The van der Waals surface area contributed by atoms with Gasteiger partial charge in [0.1, 0.15) is 0 Å². The molecule has 0 atom stereocenters. The van der Waals surface area contributed by atoms with E-state index in [0.29, 0.717) is 23.8 Å². The number of carbonyl (C=O) groups is 2. The highest BCUT2D eigenvalue weighted by Gasteiger charge is 2.25. The fourth-order valence-electron chi connectivity index (χ4n) is 1.93. The van der Waals surface area contributed by atoms with Crippen molar-refractivity contribution in [3.63, 3.8) is 0 Å². The Hall–Kier alpha value is -1.30. The van der Waals surface area contributed by atoms with E-state index in [9.17, 15) is 9.59 Å². The summed E-state index contributed by atoms with van der Waals surface area (Å²) in [4.78, 5) is 27.6. The number of anilines is 1. The summed E-state index contributed by atoms with van der Waals surface area (Å²) in [5.41, 5.74) is 0.339. The normalized spacial score (nSPS) is 16.1. The third-order valence-corrected chi connectivity index (χ3v) is 4.00. The minimum absolute atomic E-state index is 0.230. The molecule has 0 radical (unpaired) electrons. The van der Waals surface area contributed by atoms with Crippen LogP contribution < -0.4 is 5.32 Å². The van der Waals surface area contributed by atoms with E-state index in [4.69, 9.17) is 23.2 Å². The SMILES string of the molecule is CN1CCN(C(=O)C(=O)Nc2cccc(Cl)c2Cl)CC1. The van der Waals surface area contributed by atoms with Gasteiger partial charge in [-0.25, -0.2) is 0 Å². The lowest BCUT2D eigenvalue weighted by atomic mass is 10.3. The van der Waals surface area contributed by atoms with Crippen molar-refractivity contribution in [3.05, 3.63) is 28.2 Å². The van der Waals surface area contributed by atoms with Gasteiger partial charge >= 0.3 is 11.8 Å². The number of benzene rings is 1. The Morgan fingerprint density at radius 1 is 1.15 bits per heavy atom. The fourth-order valence-corrected chi connectivity index (χ4v) is 2.28. The molecule has 1 aliphatic heterocycles. The third kappa shape index (κ3) is 3.42. The summed E-state index contributed by atoms with van der Waals surface area (Å²) in [7, 11) is 1.98. The highest BCUT2D eigenvalue weighted by molar-refractivity contribution is 6.45. The van der Waals surface area contributed by atoms with Crippen LogP contribution >= 0.6 is 23.2 Å². The molecule has 1 aliphatic rings. The van der Waals surface area contributed by atoms with Crippen molar-refractivity contribution in [1.82, 2.24) is 9.80 Å². The van der Waals surface area contributed by atoms with Crippen LogP contribution in [0.25, 0.3) is 0 Å². The van der Waals surface area contributed by atoms with Crippen LogP contribution in [-0.4, -0.2) is 54.8 Å². The third-order valence-electron chi connectivity index (χ3n) is 3.18. The van der Waals surface area contributed by atoms with E-state index in [1.807, 2.05) is 7.05 Å². The van der Waals surface area contributed by atoms with Crippen molar-refractivity contribution in [2.45, 2.75) is 0 Å². The van der Waals surface area contributed by atoms with E-state index < -0.39 is 11.8 Å². The van der Waals surface area contributed by atoms with Crippen LogP contribution in [0.2, 0.25) is 10.0 Å². The van der Waals surface area contributed by atoms with Gasteiger partial charge in [-0.2, -0.15) is 0 Å². The van der Waals surface area contributed by atoms with Gasteiger partial charge in [0, 0.05) is 26.2 Å². The van der Waals surface area contributed by atoms with Crippen LogP contribution in [0.3, 0.4) is 0 Å². The first kappa shape index (κ1) is 15.1. The van der Waals surface area contributed by atoms with E-state index in [1.165, 1.54) is 4.90 Å². The molecule has 1 heterocycles. The zero-order valence-corrected chi connectivity index (χ0v) is 12.5. The largest absolute Gasteiger partial charge is 0.332 e. The lowest BCUT2D eigenvalue weighted by molar-refractivity contribution is -0.144. The molecule has 7 heteroatoms. The lowest BCUT2D eigenvalue weighted by Gasteiger charge is -2.31. The second-order valence-corrected chi connectivity index (χ2v) is 5.44. The first-order valence-corrected chi connectivity index (χ1v) is 6.97. The maximum Gasteiger partial charge on any atom is 0.313 e. The van der Waals surface area contributed by atoms with Gasteiger partial charge in [-0.05, 0) is 19.2 Å². The molecule has 1 aromatic rings. The molecule has 5 nitrogen and oxygen atoms in total. The van der Waals surface area contributed by atoms with E-state index in [2.05, 4.69) is 10.2 Å². The number of nitrogens with one attached hydrogen (secondary N) is 1. The quantitative estimate of drug-likeness (QED) is 0.803. The highest BCUT2D eigenvalue weighted by atomic mass is 35.5. The van der Waals surface area contributed by atoms with Gasteiger partial charge in [-0.1, -0.05) is 29.3 Å². The Kier molecular flexibility index (Phi) is 4.86. The summed E-state index contributed by atoms with van der Waals surface area (Å²) in [5.74, 6) is -1.24. The van der Waals surface area contributed by atoms with Gasteiger partial charge in [0.25, 0.3) is 0 Å². The van der Waals surface area contributed by atoms with Crippen LogP contribution in [0.15, 0.2) is 18.2 Å². The van der Waals surface area contributed by atoms with Crippen molar-refractivity contribution in [3.8, 4) is 0 Å². The molecule has 0 unspecified atom stereocenters. The summed E-state index contributed by atoms with van der Waals surface area (Å²) in [6.07, 6.45) is 0. The first-order chi connectivity index (χ1) is 9.49. The Bertz CT molecular complexity index is 528. The first-order valence-electron chi connectivity index (χ1n) is 6.22. The van der Waals surface area contributed by atoms with Gasteiger partial charge in [-0.3, -0.25) is 9.59 Å². The number of nitrogens with zero attached hydrogens (tertiary/aromatic N) is 2. The van der Waals surface area contributed by atoms with Gasteiger partial charge < -0.3 is 15.1 Å². The van der Waals surface area contributed by atoms with Crippen molar-refractivity contribution in [2.75, 3.05) is 38.5 Å². The van der Waals surface area contributed by atoms with Gasteiger partial charge in [0.2, 0.25) is 0 Å². The van der Waals surface area contributed by atoms with Crippen molar-refractivity contribution in [1.29, 1.82) is 0 Å². The molecule has 1 aromatic carbocycles. The molecule has 20 heavy (non-hydrogen) atoms. The smallest absolute Gasteiger partial charge is 0.313 e. The number of halogens is 2. The fraction of sp³-hybridized carbons (Fsp3) is 0.385. The average Bonchev–Trinajstić information content (AvgIpc) is 2.44. The number of amides is 2. The Labute approximate surface area is 127 Å². The summed E-state index contributed by atoms with van der Waals surface area (Å²) in [5, 5.41) is 3.06. The van der Waals surface area contributed by atoms with Gasteiger partial charge in [0.05, 0.1) is 15.7 Å². The Morgan fingerprint density at radius 2 is 1.80 bits per heavy atom. The molecule has 1 N–H and O–H groups in total. The minimum atomic E-state index is -0.696. The lowest BCUT2D eigenvalue weighted by Crippen LogP contribution is -2.50. The molecule has 0 spiro atoms. The van der Waals surface area contributed by atoms with Crippen molar-refractivity contribution >= 4 is 40.7 Å². The molecule has 1 saturated heterocycles. The monoisotopic (exact) mass is 315 g/mol. The van der Waals surface area contributed by atoms with Crippen molar-refractivity contribution in [2.24, 2.45) is 0 Å². The Balaban J connectivity index is 2.01. The molecule has 2 rings (SSSR count). The molecule has 0 saturated carbocycles. The minimum Gasteiger partial charge on any atom is -0.332 e. The molecule has 1 fully saturated rings. The average molecular weight is 316 g/mol. The number of likely N-dealkylation sites (N-methyl/N-ethyl adjacent to an activating group) is 1. The standard InChI is InChI=1S/C13H15Cl2N3O2/c1-17-5-7-18(8-6-17)13(20)12(19)16-10-4-2-3-9(14)11(10)15/h2-4H,5-8H2,1H3,(H,16,19). The molecular weight excluding hydrogens is 301 g/mol. The van der Waals surface area contributed by atoms with E-state index in [0.717, 1.165) is 13.1 Å². The summed E-state index contributed by atoms with van der Waals surface area (Å²) >= 11 is 11.8. The molecule has 0 bridgehead atoms. The molecule has 2 amide bonds. The van der Waals surface area contributed by atoms with Crippen LogP contribution in [0.5, 0.6) is 0 Å². The number of hydrogen-bond acceptors (Lipinski definition) is 3. The summed E-state index contributed by atoms with van der Waals surface area (Å²) in [6, 6.07) is 4.87. The summed E-state index contributed by atoms with van der Waals surface area (Å²) < 4.78 is 0. The second-order valence-electron chi connectivity index (χ2n) is 4.65. The van der Waals surface area contributed by atoms with Gasteiger partial charge in [0.15, 0.2) is 0 Å². The van der Waals surface area contributed by atoms with Crippen molar-refractivity contribution < 1.29 is 9.59 Å². The maximum absolute atomic E-state index is 12.0. The van der Waals surface area contributed by atoms with Crippen LogP contribution in [0.1, 0.15) is 0 Å². The number of rotatable bonds is 1. The van der Waals surface area contributed by atoms with Gasteiger partial charge in [-0.15, -0.1) is 0 Å². The van der Waals surface area contributed by atoms with Crippen LogP contribution in [0, 0.1) is 0 Å². The Morgan fingerprint density at radius 3 is 2.45 bits per heavy atom. The molecule has 0 aromatic heterocycles.